The number of nitrogens with one attached hydrogen (secondary N) is 2. The molecule has 1 amide bonds. The lowest BCUT2D eigenvalue weighted by molar-refractivity contribution is -0.192. The third-order valence-corrected chi connectivity index (χ3v) is 5.73. The Balaban J connectivity index is 0.000000479. The van der Waals surface area contributed by atoms with Crippen LogP contribution in [-0.2, 0) is 4.79 Å². The summed E-state index contributed by atoms with van der Waals surface area (Å²) in [4.78, 5) is 32.6. The number of hydrogen-bond donors (Lipinski definition) is 3. The van der Waals surface area contributed by atoms with Gasteiger partial charge in [-0.3, -0.25) is 4.79 Å². The highest BCUT2D eigenvalue weighted by Gasteiger charge is 2.38. The molecule has 1 heterocycles. The Hall–Kier alpha value is -3.96. The van der Waals surface area contributed by atoms with Gasteiger partial charge in [0.1, 0.15) is 11.6 Å². The van der Waals surface area contributed by atoms with Crippen molar-refractivity contribution in [2.75, 3.05) is 24.3 Å². The van der Waals surface area contributed by atoms with Crippen LogP contribution in [0.15, 0.2) is 48.5 Å². The molecule has 0 aliphatic heterocycles. The molecule has 0 atom stereocenters. The maximum Gasteiger partial charge on any atom is 0.490 e. The molecular formula is C25H27F4N5O3. The summed E-state index contributed by atoms with van der Waals surface area (Å²) in [5, 5.41) is 14.6. The van der Waals surface area contributed by atoms with Gasteiger partial charge in [0.15, 0.2) is 0 Å². The summed E-state index contributed by atoms with van der Waals surface area (Å²) in [7, 11) is 3.95. The van der Waals surface area contributed by atoms with Gasteiger partial charge < -0.3 is 20.6 Å². The molecule has 4 rings (SSSR count). The van der Waals surface area contributed by atoms with E-state index in [1.54, 1.807) is 12.1 Å². The monoisotopic (exact) mass is 521 g/mol. The predicted molar refractivity (Wildman–Crippen MR) is 131 cm³/mol. The van der Waals surface area contributed by atoms with Crippen molar-refractivity contribution in [3.05, 3.63) is 59.9 Å². The number of rotatable bonds is 5. The van der Waals surface area contributed by atoms with Crippen LogP contribution >= 0.6 is 0 Å². The molecule has 1 aliphatic carbocycles. The lowest BCUT2D eigenvalue weighted by Gasteiger charge is -2.30. The highest BCUT2D eigenvalue weighted by atomic mass is 19.4. The maximum atomic E-state index is 13.3. The van der Waals surface area contributed by atoms with E-state index in [-0.39, 0.29) is 18.0 Å². The van der Waals surface area contributed by atoms with Gasteiger partial charge in [-0.25, -0.2) is 14.2 Å². The second-order valence-electron chi connectivity index (χ2n) is 8.76. The number of nitrogens with zero attached hydrogens (tertiary/aromatic N) is 3. The standard InChI is InChI=1S/C23H26FN5O.C2HF3O2/c1-29(2)21-19-8-3-4-9-20(19)27-23(28-21)26-18-12-10-17(11-13-18)25-22(30)15-6-5-7-16(24)14-15;3-2(4,5)1(6)7/h3-9,14,17-18H,10-13H2,1-2H3,(H,25,30)(H,26,27,28);(H,6,7). The van der Waals surface area contributed by atoms with Crippen LogP contribution in [0.1, 0.15) is 36.0 Å². The minimum Gasteiger partial charge on any atom is -0.475 e. The van der Waals surface area contributed by atoms with Gasteiger partial charge in [-0.15, -0.1) is 0 Å². The summed E-state index contributed by atoms with van der Waals surface area (Å²) >= 11 is 0. The Morgan fingerprint density at radius 1 is 0.973 bits per heavy atom. The predicted octanol–water partition coefficient (Wildman–Crippen LogP) is 4.62. The van der Waals surface area contributed by atoms with Gasteiger partial charge in [-0.2, -0.15) is 18.2 Å². The molecule has 3 N–H and O–H groups in total. The number of aliphatic carboxylic acids is 1. The lowest BCUT2D eigenvalue weighted by atomic mass is 9.91. The second kappa shape index (κ2) is 11.8. The van der Waals surface area contributed by atoms with Crippen LogP contribution in [0.4, 0.5) is 29.3 Å². The summed E-state index contributed by atoms with van der Waals surface area (Å²) in [6.45, 7) is 0. The third kappa shape index (κ3) is 7.76. The summed E-state index contributed by atoms with van der Waals surface area (Å²) in [6, 6.07) is 14.1. The minimum atomic E-state index is -5.08. The molecule has 1 aliphatic rings. The number of anilines is 2. The molecule has 0 radical (unpaired) electrons. The zero-order valence-electron chi connectivity index (χ0n) is 20.2. The van der Waals surface area contributed by atoms with Gasteiger partial charge in [0.2, 0.25) is 5.95 Å². The van der Waals surface area contributed by atoms with E-state index in [0.29, 0.717) is 11.5 Å². The second-order valence-corrected chi connectivity index (χ2v) is 8.76. The number of halogens is 4. The van der Waals surface area contributed by atoms with Crippen LogP contribution in [-0.4, -0.2) is 59.3 Å². The van der Waals surface area contributed by atoms with E-state index >= 15 is 0 Å². The number of carboxylic acid groups (broad SMARTS) is 1. The van der Waals surface area contributed by atoms with Gasteiger partial charge >= 0.3 is 12.1 Å². The number of alkyl halides is 3. The van der Waals surface area contributed by atoms with Gasteiger partial charge in [-0.05, 0) is 56.0 Å². The number of fused-ring (bicyclic) bond motifs is 1. The summed E-state index contributed by atoms with van der Waals surface area (Å²) in [5.41, 5.74) is 1.27. The third-order valence-electron chi connectivity index (χ3n) is 5.73. The van der Waals surface area contributed by atoms with Crippen molar-refractivity contribution in [3.8, 4) is 0 Å². The molecule has 0 bridgehead atoms. The quantitative estimate of drug-likeness (QED) is 0.421. The molecule has 1 fully saturated rings. The normalized spacial score (nSPS) is 17.4. The highest BCUT2D eigenvalue weighted by Crippen LogP contribution is 2.26. The number of carbonyl (C=O) groups is 2. The zero-order chi connectivity index (χ0) is 27.2. The molecule has 12 heteroatoms. The van der Waals surface area contributed by atoms with Crippen LogP contribution in [0.3, 0.4) is 0 Å². The molecule has 8 nitrogen and oxygen atoms in total. The first-order chi connectivity index (χ1) is 17.4. The topological polar surface area (TPSA) is 107 Å². The number of amides is 1. The van der Waals surface area contributed by atoms with Crippen molar-refractivity contribution in [2.45, 2.75) is 43.9 Å². The van der Waals surface area contributed by atoms with E-state index in [1.807, 2.05) is 43.3 Å². The lowest BCUT2D eigenvalue weighted by Crippen LogP contribution is -2.40. The zero-order valence-corrected chi connectivity index (χ0v) is 20.2. The molecule has 0 saturated heterocycles. The van der Waals surface area contributed by atoms with Gasteiger partial charge in [-0.1, -0.05) is 18.2 Å². The van der Waals surface area contributed by atoms with E-state index in [2.05, 4.69) is 15.6 Å². The van der Waals surface area contributed by atoms with E-state index in [4.69, 9.17) is 14.9 Å². The van der Waals surface area contributed by atoms with E-state index in [0.717, 1.165) is 42.4 Å². The Bertz CT molecular complexity index is 1240. The summed E-state index contributed by atoms with van der Waals surface area (Å²) in [5.74, 6) is -1.86. The maximum absolute atomic E-state index is 13.3. The Morgan fingerprint density at radius 2 is 1.59 bits per heavy atom. The summed E-state index contributed by atoms with van der Waals surface area (Å²) < 4.78 is 45.1. The van der Waals surface area contributed by atoms with Crippen molar-refractivity contribution < 1.29 is 32.3 Å². The van der Waals surface area contributed by atoms with Crippen LogP contribution in [0.25, 0.3) is 10.9 Å². The van der Waals surface area contributed by atoms with Crippen LogP contribution in [0.2, 0.25) is 0 Å². The molecule has 0 spiro atoms. The first-order valence-electron chi connectivity index (χ1n) is 11.5. The van der Waals surface area contributed by atoms with Crippen molar-refractivity contribution >= 4 is 34.5 Å². The van der Waals surface area contributed by atoms with Crippen molar-refractivity contribution in [2.24, 2.45) is 0 Å². The number of benzene rings is 2. The van der Waals surface area contributed by atoms with Gasteiger partial charge in [0.25, 0.3) is 5.91 Å². The number of carbonyl (C=O) groups excluding carboxylic acids is 1. The minimum absolute atomic E-state index is 0.0914. The first kappa shape index (κ1) is 27.6. The highest BCUT2D eigenvalue weighted by molar-refractivity contribution is 5.94. The van der Waals surface area contributed by atoms with Gasteiger partial charge in [0, 0.05) is 37.1 Å². The number of para-hydroxylation sites is 1. The van der Waals surface area contributed by atoms with E-state index < -0.39 is 18.0 Å². The van der Waals surface area contributed by atoms with E-state index in [1.165, 1.54) is 12.1 Å². The SMILES string of the molecule is CN(C)c1nc(NC2CCC(NC(=O)c3cccc(F)c3)CC2)nc2ccccc12.O=C(O)C(F)(F)F. The molecule has 0 unspecified atom stereocenters. The Morgan fingerprint density at radius 3 is 2.19 bits per heavy atom. The fourth-order valence-electron chi connectivity index (χ4n) is 3.93. The Labute approximate surface area is 210 Å². The largest absolute Gasteiger partial charge is 0.490 e. The summed E-state index contributed by atoms with van der Waals surface area (Å²) in [6.07, 6.45) is -1.57. The van der Waals surface area contributed by atoms with Crippen LogP contribution in [0, 0.1) is 5.82 Å². The number of aromatic nitrogens is 2. The van der Waals surface area contributed by atoms with Gasteiger partial charge in [0.05, 0.1) is 5.52 Å². The molecule has 2 aromatic carbocycles. The van der Waals surface area contributed by atoms with Crippen LogP contribution in [0.5, 0.6) is 0 Å². The molecule has 3 aromatic rings. The number of carboxylic acids is 1. The fraction of sp³-hybridized carbons (Fsp3) is 0.360. The molecular weight excluding hydrogens is 494 g/mol. The molecule has 1 aromatic heterocycles. The first-order valence-corrected chi connectivity index (χ1v) is 11.5. The molecule has 37 heavy (non-hydrogen) atoms. The smallest absolute Gasteiger partial charge is 0.475 e. The van der Waals surface area contributed by atoms with Crippen molar-refractivity contribution in [1.29, 1.82) is 0 Å². The average Bonchev–Trinajstić information content (AvgIpc) is 2.84. The number of hydrogen-bond acceptors (Lipinski definition) is 6. The molecule has 198 valence electrons. The Kier molecular flexibility index (Phi) is 8.85. The molecule has 1 saturated carbocycles. The average molecular weight is 522 g/mol. The van der Waals surface area contributed by atoms with Crippen molar-refractivity contribution in [1.82, 2.24) is 15.3 Å². The van der Waals surface area contributed by atoms with Crippen molar-refractivity contribution in [3.63, 3.8) is 0 Å². The van der Waals surface area contributed by atoms with E-state index in [9.17, 15) is 22.4 Å². The van der Waals surface area contributed by atoms with Crippen LogP contribution < -0.4 is 15.5 Å². The fourth-order valence-corrected chi connectivity index (χ4v) is 3.93.